The molecule has 1 saturated heterocycles. The van der Waals surface area contributed by atoms with Crippen LogP contribution in [0.2, 0.25) is 0 Å². The van der Waals surface area contributed by atoms with Crippen molar-refractivity contribution in [1.29, 1.82) is 0 Å². The molecule has 3 atom stereocenters. The number of carbonyl (C=O) groups is 2. The number of halogens is 2. The van der Waals surface area contributed by atoms with E-state index in [1.54, 1.807) is 29.5 Å². The van der Waals surface area contributed by atoms with Gasteiger partial charge in [-0.1, -0.05) is 12.8 Å². The number of nitrogens with zero attached hydrogens (tertiary/aromatic N) is 4. The summed E-state index contributed by atoms with van der Waals surface area (Å²) in [4.78, 5) is 37.0. The van der Waals surface area contributed by atoms with Gasteiger partial charge in [-0.3, -0.25) is 14.7 Å². The topological polar surface area (TPSA) is 86.6 Å². The number of aromatic nitrogens is 3. The molecule has 0 radical (unpaired) electrons. The number of alkyl halides is 2. The predicted molar refractivity (Wildman–Crippen MR) is 146 cm³/mol. The van der Waals surface area contributed by atoms with Crippen molar-refractivity contribution in [2.24, 2.45) is 18.9 Å². The Bertz CT molecular complexity index is 1310. The molecule has 3 fully saturated rings. The molecule has 0 spiro atoms. The highest BCUT2D eigenvalue weighted by Crippen LogP contribution is 2.61. The van der Waals surface area contributed by atoms with Gasteiger partial charge in [-0.15, -0.1) is 0 Å². The maximum atomic E-state index is 14.0. The van der Waals surface area contributed by atoms with E-state index in [1.807, 2.05) is 34.6 Å². The van der Waals surface area contributed by atoms with Crippen LogP contribution in [0.4, 0.5) is 13.6 Å². The quantitative estimate of drug-likeness (QED) is 0.330. The van der Waals surface area contributed by atoms with Gasteiger partial charge in [0.25, 0.3) is 5.92 Å². The number of ketones is 1. The highest BCUT2D eigenvalue weighted by Gasteiger charge is 2.70. The van der Waals surface area contributed by atoms with Crippen LogP contribution >= 0.6 is 0 Å². The van der Waals surface area contributed by atoms with Crippen LogP contribution in [0.5, 0.6) is 0 Å². The van der Waals surface area contributed by atoms with Crippen molar-refractivity contribution >= 4 is 23.0 Å². The molecular formula is C30H42F2N4O4. The minimum atomic E-state index is -2.75. The van der Waals surface area contributed by atoms with Crippen molar-refractivity contribution in [1.82, 2.24) is 19.4 Å². The molecule has 5 rings (SSSR count). The highest BCUT2D eigenvalue weighted by atomic mass is 19.3. The molecule has 2 aromatic rings. The van der Waals surface area contributed by atoms with E-state index in [4.69, 9.17) is 9.47 Å². The second-order valence-corrected chi connectivity index (χ2v) is 13.7. The number of carbonyl (C=O) groups excluding carboxylic acids is 2. The van der Waals surface area contributed by atoms with Gasteiger partial charge in [0.15, 0.2) is 11.4 Å². The van der Waals surface area contributed by atoms with E-state index in [0.29, 0.717) is 35.8 Å². The third-order valence-corrected chi connectivity index (χ3v) is 8.81. The van der Waals surface area contributed by atoms with Crippen LogP contribution < -0.4 is 0 Å². The van der Waals surface area contributed by atoms with Crippen LogP contribution in [0.1, 0.15) is 103 Å². The molecule has 1 unspecified atom stereocenters. The Balaban J connectivity index is 1.27. The second kappa shape index (κ2) is 9.74. The van der Waals surface area contributed by atoms with E-state index in [0.717, 1.165) is 12.8 Å². The monoisotopic (exact) mass is 560 g/mol. The first-order chi connectivity index (χ1) is 18.5. The molecular weight excluding hydrogens is 518 g/mol. The van der Waals surface area contributed by atoms with Crippen molar-refractivity contribution in [2.75, 3.05) is 6.61 Å². The minimum absolute atomic E-state index is 0.125. The molecule has 2 saturated carbocycles. The summed E-state index contributed by atoms with van der Waals surface area (Å²) >= 11 is 0. The summed E-state index contributed by atoms with van der Waals surface area (Å²) in [5.41, 5.74) is -0.939. The Morgan fingerprint density at radius 3 is 2.50 bits per heavy atom. The molecule has 40 heavy (non-hydrogen) atoms. The summed E-state index contributed by atoms with van der Waals surface area (Å²) in [7, 11) is 1.70. The zero-order valence-electron chi connectivity index (χ0n) is 24.7. The second-order valence-electron chi connectivity index (χ2n) is 13.7. The van der Waals surface area contributed by atoms with E-state index >= 15 is 0 Å². The first-order valence-electron chi connectivity index (χ1n) is 14.4. The Kier molecular flexibility index (Phi) is 7.03. The number of aryl methyl sites for hydroxylation is 1. The van der Waals surface area contributed by atoms with Crippen molar-refractivity contribution in [3.8, 4) is 0 Å². The molecule has 0 N–H and O–H groups in total. The number of hydrogen-bond acceptors (Lipinski definition) is 6. The fourth-order valence-electron chi connectivity index (χ4n) is 6.17. The largest absolute Gasteiger partial charge is 0.444 e. The number of ether oxygens (including phenoxy) is 2. The fourth-order valence-corrected chi connectivity index (χ4v) is 6.17. The lowest BCUT2D eigenvalue weighted by molar-refractivity contribution is -0.0648. The van der Waals surface area contributed by atoms with Crippen LogP contribution in [0.25, 0.3) is 11.2 Å². The maximum Gasteiger partial charge on any atom is 0.412 e. The third-order valence-electron chi connectivity index (χ3n) is 8.81. The molecule has 3 aliphatic rings. The first kappa shape index (κ1) is 28.9. The van der Waals surface area contributed by atoms with Gasteiger partial charge in [-0.05, 0) is 78.7 Å². The van der Waals surface area contributed by atoms with Crippen LogP contribution in [-0.2, 0) is 21.9 Å². The zero-order valence-corrected chi connectivity index (χ0v) is 24.7. The van der Waals surface area contributed by atoms with Crippen LogP contribution in [-0.4, -0.2) is 61.2 Å². The van der Waals surface area contributed by atoms with Gasteiger partial charge in [-0.25, -0.2) is 18.6 Å². The first-order valence-corrected chi connectivity index (χ1v) is 14.4. The molecule has 0 aromatic carbocycles. The smallest absolute Gasteiger partial charge is 0.412 e. The van der Waals surface area contributed by atoms with Gasteiger partial charge in [-0.2, -0.15) is 0 Å². The maximum absolute atomic E-state index is 14.0. The molecule has 1 amide bonds. The van der Waals surface area contributed by atoms with Crippen molar-refractivity contribution in [3.63, 3.8) is 0 Å². The Labute approximate surface area is 234 Å². The molecule has 220 valence electrons. The normalized spacial score (nSPS) is 26.2. The number of hydrogen-bond donors (Lipinski definition) is 0. The molecule has 0 bridgehead atoms. The molecule has 1 aliphatic heterocycles. The fraction of sp³-hybridized carbons (Fsp3) is 0.733. The molecule has 10 heteroatoms. The van der Waals surface area contributed by atoms with Gasteiger partial charge in [0.2, 0.25) is 0 Å². The highest BCUT2D eigenvalue weighted by molar-refractivity contribution is 5.95. The van der Waals surface area contributed by atoms with Crippen molar-refractivity contribution in [2.45, 2.75) is 115 Å². The van der Waals surface area contributed by atoms with E-state index in [9.17, 15) is 18.4 Å². The molecule has 3 heterocycles. The Morgan fingerprint density at radius 2 is 1.90 bits per heavy atom. The van der Waals surface area contributed by atoms with E-state index in [2.05, 4.69) is 9.97 Å². The van der Waals surface area contributed by atoms with Gasteiger partial charge in [0.05, 0.1) is 24.3 Å². The van der Waals surface area contributed by atoms with E-state index in [1.165, 1.54) is 19.0 Å². The number of fused-ring (bicyclic) bond motifs is 1. The number of amides is 1. The summed E-state index contributed by atoms with van der Waals surface area (Å²) < 4.78 is 41.5. The SMILES string of the molecule is Cn1c(C2(C)CC2(F)F)cc2ncc(C(=O)CCC[C@@H](CC3CC3)[C@@H]3COC(C)(C)N3C(=O)OC(C)(C)C)nc21. The summed E-state index contributed by atoms with van der Waals surface area (Å²) in [6.07, 6.45) is 5.93. The Morgan fingerprint density at radius 1 is 1.23 bits per heavy atom. The minimum Gasteiger partial charge on any atom is -0.444 e. The van der Waals surface area contributed by atoms with Crippen LogP contribution in [0.3, 0.4) is 0 Å². The number of rotatable bonds is 9. The zero-order chi connectivity index (χ0) is 29.3. The van der Waals surface area contributed by atoms with Gasteiger partial charge < -0.3 is 14.0 Å². The van der Waals surface area contributed by atoms with Crippen LogP contribution in [0, 0.1) is 11.8 Å². The molecule has 8 nitrogen and oxygen atoms in total. The lowest BCUT2D eigenvalue weighted by Crippen LogP contribution is -2.52. The summed E-state index contributed by atoms with van der Waals surface area (Å²) in [6.45, 7) is 11.3. The van der Waals surface area contributed by atoms with Gasteiger partial charge >= 0.3 is 6.09 Å². The van der Waals surface area contributed by atoms with E-state index in [-0.39, 0.29) is 42.4 Å². The molecule has 2 aliphatic carbocycles. The Hall–Kier alpha value is -2.62. The lowest BCUT2D eigenvalue weighted by Gasteiger charge is -2.38. The summed E-state index contributed by atoms with van der Waals surface area (Å²) in [5, 5.41) is 0. The summed E-state index contributed by atoms with van der Waals surface area (Å²) in [5.74, 6) is -2.05. The van der Waals surface area contributed by atoms with Gasteiger partial charge in [0, 0.05) is 25.6 Å². The van der Waals surface area contributed by atoms with Crippen LogP contribution in [0.15, 0.2) is 12.3 Å². The van der Waals surface area contributed by atoms with Crippen molar-refractivity contribution < 1.29 is 27.8 Å². The third kappa shape index (κ3) is 5.48. The van der Waals surface area contributed by atoms with E-state index < -0.39 is 22.7 Å². The average molecular weight is 561 g/mol. The lowest BCUT2D eigenvalue weighted by atomic mass is 9.87. The average Bonchev–Trinajstić information content (AvgIpc) is 3.66. The molecule has 2 aromatic heterocycles. The predicted octanol–water partition coefficient (Wildman–Crippen LogP) is 6.41. The van der Waals surface area contributed by atoms with Gasteiger partial charge in [0.1, 0.15) is 22.5 Å². The number of Topliss-reactive ketones (excluding diaryl/α,β-unsaturated/α-hetero) is 1. The standard InChI is InChI=1S/C30H42F2N4O4/c1-27(2,3)40-26(38)36-22(16-39-28(36,4)5)19(13-18-11-12-18)9-8-10-23(37)21-15-33-20-14-24(35(7)25(20)34-21)29(6)17-30(29,31)32/h14-15,18-19,22H,8-13,16-17H2,1-7H3/t19-,22-,29?/m0/s1. The van der Waals surface area contributed by atoms with Crippen molar-refractivity contribution in [3.05, 3.63) is 23.7 Å². The summed E-state index contributed by atoms with van der Waals surface area (Å²) in [6, 6.07) is 1.53.